The summed E-state index contributed by atoms with van der Waals surface area (Å²) in [4.78, 5) is 42.6. The number of urea groups is 1. The molecule has 0 saturated carbocycles. The van der Waals surface area contributed by atoms with Gasteiger partial charge in [-0.15, -0.1) is 0 Å². The van der Waals surface area contributed by atoms with Crippen LogP contribution in [0.1, 0.15) is 31.2 Å². The van der Waals surface area contributed by atoms with Gasteiger partial charge in [0, 0.05) is 38.9 Å². The van der Waals surface area contributed by atoms with E-state index in [9.17, 15) is 14.4 Å². The molecule has 0 bridgehead atoms. The van der Waals surface area contributed by atoms with Gasteiger partial charge in [-0.1, -0.05) is 18.2 Å². The number of likely N-dealkylation sites (tertiary alicyclic amines) is 2. The molecule has 0 radical (unpaired) electrons. The number of nitrogens with two attached hydrogens (primary N) is 1. The number of anilines is 1. The van der Waals surface area contributed by atoms with Gasteiger partial charge >= 0.3 is 6.03 Å². The minimum Gasteiger partial charge on any atom is -0.351 e. The smallest absolute Gasteiger partial charge is 0.314 e. The molecule has 7 nitrogen and oxygen atoms in total. The summed E-state index contributed by atoms with van der Waals surface area (Å²) in [7, 11) is 1.83. The maximum Gasteiger partial charge on any atom is 0.314 e. The number of fused-ring (bicyclic) bond motifs is 2. The summed E-state index contributed by atoms with van der Waals surface area (Å²) in [6.45, 7) is 2.17. The number of hydrogen-bond acceptors (Lipinski definition) is 3. The largest absolute Gasteiger partial charge is 0.351 e. The molecule has 27 heavy (non-hydrogen) atoms. The van der Waals surface area contributed by atoms with E-state index < -0.39 is 11.4 Å². The van der Waals surface area contributed by atoms with E-state index >= 15 is 0 Å². The summed E-state index contributed by atoms with van der Waals surface area (Å²) in [5.41, 5.74) is 6.94. The number of carbonyl (C=O) groups is 3. The standard InChI is InChI=1S/C20H26N4O3/c1-22-16-7-3-2-6-15(16)20(18(22)26)8-11-23(12-9-20)17(25)14-5-4-10-24(13-14)19(21)27/h2-3,6-7,14H,4-5,8-13H2,1H3,(H2,21,27). The summed E-state index contributed by atoms with van der Waals surface area (Å²) < 4.78 is 0. The number of amides is 4. The first-order chi connectivity index (χ1) is 12.9. The number of para-hydroxylation sites is 1. The highest BCUT2D eigenvalue weighted by molar-refractivity contribution is 6.08. The van der Waals surface area contributed by atoms with Crippen molar-refractivity contribution in [2.45, 2.75) is 31.1 Å². The first-order valence-electron chi connectivity index (χ1n) is 9.65. The molecule has 1 aromatic rings. The third-order valence-electron chi connectivity index (χ3n) is 6.51. The molecule has 1 spiro atoms. The molecule has 1 aromatic carbocycles. The van der Waals surface area contributed by atoms with Crippen molar-refractivity contribution in [3.05, 3.63) is 29.8 Å². The zero-order chi connectivity index (χ0) is 19.2. The second kappa shape index (κ2) is 6.55. The maximum absolute atomic E-state index is 13.0. The molecule has 2 N–H and O–H groups in total. The monoisotopic (exact) mass is 370 g/mol. The van der Waals surface area contributed by atoms with Crippen molar-refractivity contribution in [3.63, 3.8) is 0 Å². The van der Waals surface area contributed by atoms with Gasteiger partial charge in [0.2, 0.25) is 11.8 Å². The highest BCUT2D eigenvalue weighted by Gasteiger charge is 2.51. The summed E-state index contributed by atoms with van der Waals surface area (Å²) >= 11 is 0. The van der Waals surface area contributed by atoms with Gasteiger partial charge in [-0.3, -0.25) is 9.59 Å². The van der Waals surface area contributed by atoms with Crippen molar-refractivity contribution in [1.82, 2.24) is 9.80 Å². The molecule has 0 aliphatic carbocycles. The van der Waals surface area contributed by atoms with E-state index in [1.165, 1.54) is 0 Å². The van der Waals surface area contributed by atoms with Crippen LogP contribution in [-0.4, -0.2) is 60.9 Å². The third-order valence-corrected chi connectivity index (χ3v) is 6.51. The molecule has 0 aromatic heterocycles. The quantitative estimate of drug-likeness (QED) is 0.809. The van der Waals surface area contributed by atoms with E-state index in [0.717, 1.165) is 24.1 Å². The van der Waals surface area contributed by atoms with Crippen LogP contribution in [0.3, 0.4) is 0 Å². The normalized spacial score (nSPS) is 24.3. The van der Waals surface area contributed by atoms with Crippen LogP contribution in [-0.2, 0) is 15.0 Å². The number of nitrogens with zero attached hydrogens (tertiary/aromatic N) is 3. The van der Waals surface area contributed by atoms with Gasteiger partial charge in [0.05, 0.1) is 11.3 Å². The summed E-state index contributed by atoms with van der Waals surface area (Å²) in [6, 6.07) is 7.50. The van der Waals surface area contributed by atoms with Crippen LogP contribution in [0.4, 0.5) is 10.5 Å². The first-order valence-corrected chi connectivity index (χ1v) is 9.65. The highest BCUT2D eigenvalue weighted by Crippen LogP contribution is 2.47. The van der Waals surface area contributed by atoms with Gasteiger partial charge in [-0.05, 0) is 37.3 Å². The second-order valence-electron chi connectivity index (χ2n) is 7.91. The molecule has 3 aliphatic rings. The zero-order valence-corrected chi connectivity index (χ0v) is 15.7. The van der Waals surface area contributed by atoms with Crippen molar-refractivity contribution in [1.29, 1.82) is 0 Å². The fourth-order valence-electron chi connectivity index (χ4n) is 4.95. The van der Waals surface area contributed by atoms with E-state index in [4.69, 9.17) is 5.73 Å². The second-order valence-corrected chi connectivity index (χ2v) is 7.91. The number of rotatable bonds is 1. The fraction of sp³-hybridized carbons (Fsp3) is 0.550. The van der Waals surface area contributed by atoms with Gasteiger partial charge in [-0.2, -0.15) is 0 Å². The lowest BCUT2D eigenvalue weighted by atomic mass is 9.73. The molecule has 2 fully saturated rings. The van der Waals surface area contributed by atoms with E-state index in [-0.39, 0.29) is 17.7 Å². The number of piperidine rings is 2. The average Bonchev–Trinajstić information content (AvgIpc) is 2.91. The van der Waals surface area contributed by atoms with Gasteiger partial charge in [0.25, 0.3) is 0 Å². The predicted octanol–water partition coefficient (Wildman–Crippen LogP) is 1.31. The van der Waals surface area contributed by atoms with E-state index in [2.05, 4.69) is 0 Å². The Balaban J connectivity index is 1.47. The lowest BCUT2D eigenvalue weighted by molar-refractivity contribution is -0.140. The van der Waals surface area contributed by atoms with Crippen LogP contribution >= 0.6 is 0 Å². The minimum atomic E-state index is -0.506. The average molecular weight is 370 g/mol. The van der Waals surface area contributed by atoms with Crippen molar-refractivity contribution >= 4 is 23.5 Å². The van der Waals surface area contributed by atoms with E-state index in [1.807, 2.05) is 36.2 Å². The molecule has 2 saturated heterocycles. The molecule has 4 amide bonds. The molecule has 7 heteroatoms. The first kappa shape index (κ1) is 17.8. The molecule has 4 rings (SSSR count). The van der Waals surface area contributed by atoms with Crippen LogP contribution in [0.25, 0.3) is 0 Å². The minimum absolute atomic E-state index is 0.0860. The van der Waals surface area contributed by atoms with Gasteiger partial charge < -0.3 is 20.4 Å². The maximum atomic E-state index is 13.0. The number of likely N-dealkylation sites (N-methyl/N-ethyl adjacent to an activating group) is 1. The molecular weight excluding hydrogens is 344 g/mol. The van der Waals surface area contributed by atoms with Gasteiger partial charge in [0.15, 0.2) is 0 Å². The number of benzene rings is 1. The van der Waals surface area contributed by atoms with Crippen molar-refractivity contribution in [3.8, 4) is 0 Å². The fourth-order valence-corrected chi connectivity index (χ4v) is 4.95. The van der Waals surface area contributed by atoms with E-state index in [1.54, 1.807) is 9.80 Å². The Bertz CT molecular complexity index is 785. The lowest BCUT2D eigenvalue weighted by Gasteiger charge is -2.41. The molecule has 144 valence electrons. The Hall–Kier alpha value is -2.57. The highest BCUT2D eigenvalue weighted by atomic mass is 16.2. The molecule has 3 heterocycles. The van der Waals surface area contributed by atoms with Crippen LogP contribution in [0.2, 0.25) is 0 Å². The lowest BCUT2D eigenvalue weighted by Crippen LogP contribution is -2.53. The summed E-state index contributed by atoms with van der Waals surface area (Å²) in [6.07, 6.45) is 2.87. The Morgan fingerprint density at radius 1 is 1.11 bits per heavy atom. The van der Waals surface area contributed by atoms with Crippen molar-refractivity contribution in [2.75, 3.05) is 38.1 Å². The van der Waals surface area contributed by atoms with Crippen LogP contribution in [0.5, 0.6) is 0 Å². The van der Waals surface area contributed by atoms with Gasteiger partial charge in [0.1, 0.15) is 0 Å². The molecular formula is C20H26N4O3. The van der Waals surface area contributed by atoms with Crippen molar-refractivity contribution in [2.24, 2.45) is 11.7 Å². The Labute approximate surface area is 159 Å². The zero-order valence-electron chi connectivity index (χ0n) is 15.7. The SMILES string of the molecule is CN1C(=O)C2(CCN(C(=O)C3CCCN(C(N)=O)C3)CC2)c2ccccc21. The Morgan fingerprint density at radius 3 is 2.52 bits per heavy atom. The number of primary amides is 1. The van der Waals surface area contributed by atoms with Gasteiger partial charge in [-0.25, -0.2) is 4.79 Å². The van der Waals surface area contributed by atoms with Crippen LogP contribution < -0.4 is 10.6 Å². The summed E-state index contributed by atoms with van der Waals surface area (Å²) in [5, 5.41) is 0. The topological polar surface area (TPSA) is 87.0 Å². The van der Waals surface area contributed by atoms with Crippen molar-refractivity contribution < 1.29 is 14.4 Å². The number of hydrogen-bond donors (Lipinski definition) is 1. The Morgan fingerprint density at radius 2 is 1.81 bits per heavy atom. The molecule has 1 atom stereocenters. The predicted molar refractivity (Wildman–Crippen MR) is 101 cm³/mol. The number of carbonyl (C=O) groups excluding carboxylic acids is 3. The molecule has 3 aliphatic heterocycles. The summed E-state index contributed by atoms with van der Waals surface area (Å²) in [5.74, 6) is 0.0331. The van der Waals surface area contributed by atoms with Crippen LogP contribution in [0, 0.1) is 5.92 Å². The van der Waals surface area contributed by atoms with Crippen LogP contribution in [0.15, 0.2) is 24.3 Å². The Kier molecular flexibility index (Phi) is 4.32. The van der Waals surface area contributed by atoms with E-state index in [0.29, 0.717) is 39.0 Å². The molecule has 1 unspecified atom stereocenters. The third kappa shape index (κ3) is 2.76.